The zero-order valence-electron chi connectivity index (χ0n) is 9.52. The smallest absolute Gasteiger partial charge is 0.153 e. The number of hydrogen-bond donors (Lipinski definition) is 2. The number of oxime groups is 1. The lowest BCUT2D eigenvalue weighted by Gasteiger charge is -2.14. The molecule has 0 bridgehead atoms. The van der Waals surface area contributed by atoms with Crippen LogP contribution in [0.2, 0.25) is 0 Å². The molecule has 1 fully saturated rings. The lowest BCUT2D eigenvalue weighted by molar-refractivity contribution is 0.102. The van der Waals surface area contributed by atoms with Crippen LogP contribution < -0.4 is 5.73 Å². The van der Waals surface area contributed by atoms with Gasteiger partial charge < -0.3 is 15.7 Å². The molecule has 3 N–H and O–H groups in total. The molecule has 1 saturated heterocycles. The van der Waals surface area contributed by atoms with Gasteiger partial charge in [0.2, 0.25) is 0 Å². The molecule has 1 aliphatic heterocycles. The quantitative estimate of drug-likeness (QED) is 0.300. The van der Waals surface area contributed by atoms with E-state index in [1.807, 2.05) is 6.92 Å². The third-order valence-electron chi connectivity index (χ3n) is 2.89. The third kappa shape index (κ3) is 3.68. The third-order valence-corrected chi connectivity index (χ3v) is 2.89. The molecular weight excluding hydrogens is 194 g/mol. The number of nitrogens with two attached hydrogens (primary N) is 1. The van der Waals surface area contributed by atoms with Gasteiger partial charge in [-0.3, -0.25) is 4.90 Å². The normalized spacial score (nSPS) is 28.5. The number of amidine groups is 1. The van der Waals surface area contributed by atoms with E-state index in [2.05, 4.69) is 17.0 Å². The van der Waals surface area contributed by atoms with Gasteiger partial charge in [0.1, 0.15) is 0 Å². The van der Waals surface area contributed by atoms with Crippen molar-refractivity contribution in [1.29, 1.82) is 0 Å². The van der Waals surface area contributed by atoms with Crippen molar-refractivity contribution in [1.82, 2.24) is 4.90 Å². The van der Waals surface area contributed by atoms with Crippen molar-refractivity contribution in [3.63, 3.8) is 0 Å². The zero-order valence-corrected chi connectivity index (χ0v) is 9.52. The lowest BCUT2D eigenvalue weighted by Crippen LogP contribution is -2.32. The van der Waals surface area contributed by atoms with E-state index in [0.717, 1.165) is 26.3 Å². The molecule has 5 nitrogen and oxygen atoms in total. The molecule has 88 valence electrons. The Morgan fingerprint density at radius 3 is 2.93 bits per heavy atom. The van der Waals surface area contributed by atoms with Crippen LogP contribution in [0.25, 0.3) is 0 Å². The summed E-state index contributed by atoms with van der Waals surface area (Å²) >= 11 is 0. The molecule has 0 amide bonds. The largest absolute Gasteiger partial charge is 0.409 e. The summed E-state index contributed by atoms with van der Waals surface area (Å²) in [5.41, 5.74) is 5.47. The summed E-state index contributed by atoms with van der Waals surface area (Å²) in [4.78, 5) is 2.20. The Labute approximate surface area is 90.9 Å². The van der Waals surface area contributed by atoms with E-state index in [0.29, 0.717) is 18.4 Å². The molecule has 5 heteroatoms. The van der Waals surface area contributed by atoms with Gasteiger partial charge in [-0.25, -0.2) is 0 Å². The van der Waals surface area contributed by atoms with Crippen molar-refractivity contribution in [3.05, 3.63) is 0 Å². The van der Waals surface area contributed by atoms with Crippen LogP contribution in [-0.2, 0) is 4.74 Å². The van der Waals surface area contributed by atoms with Crippen LogP contribution in [0.5, 0.6) is 0 Å². The Morgan fingerprint density at radius 1 is 1.60 bits per heavy atom. The highest BCUT2D eigenvalue weighted by molar-refractivity contribution is 5.81. The maximum Gasteiger partial charge on any atom is 0.153 e. The number of nitrogens with zero attached hydrogens (tertiary/aromatic N) is 2. The molecule has 0 radical (unpaired) electrons. The number of ether oxygens (including phenoxy) is 1. The van der Waals surface area contributed by atoms with Crippen LogP contribution in [0.3, 0.4) is 0 Å². The van der Waals surface area contributed by atoms with Crippen LogP contribution in [0, 0.1) is 11.8 Å². The minimum Gasteiger partial charge on any atom is -0.409 e. The first-order valence-electron chi connectivity index (χ1n) is 5.43. The fraction of sp³-hybridized carbons (Fsp3) is 0.900. The number of rotatable bonds is 5. The Balaban J connectivity index is 2.34. The van der Waals surface area contributed by atoms with Gasteiger partial charge in [-0.15, -0.1) is 0 Å². The van der Waals surface area contributed by atoms with Gasteiger partial charge in [-0.05, 0) is 18.8 Å². The van der Waals surface area contributed by atoms with E-state index < -0.39 is 0 Å². The molecule has 15 heavy (non-hydrogen) atoms. The standard InChI is InChI=1S/C10H21N3O2/c1-3-15-7-9-5-13(4-8(9)2)6-10(11)12-14/h8-9,14H,3-7H2,1-2H3,(H2,11,12). The molecule has 1 rings (SSSR count). The zero-order chi connectivity index (χ0) is 11.3. The molecule has 0 aromatic rings. The predicted molar refractivity (Wildman–Crippen MR) is 59.0 cm³/mol. The monoisotopic (exact) mass is 215 g/mol. The van der Waals surface area contributed by atoms with Gasteiger partial charge in [0.15, 0.2) is 5.84 Å². The van der Waals surface area contributed by atoms with Gasteiger partial charge in [0.05, 0.1) is 13.2 Å². The predicted octanol–water partition coefficient (Wildman–Crippen LogP) is 0.337. The fourth-order valence-electron chi connectivity index (χ4n) is 2.02. The maximum absolute atomic E-state index is 8.48. The van der Waals surface area contributed by atoms with E-state index in [1.54, 1.807) is 0 Å². The van der Waals surface area contributed by atoms with Crippen molar-refractivity contribution in [2.45, 2.75) is 13.8 Å². The average molecular weight is 215 g/mol. The van der Waals surface area contributed by atoms with Crippen LogP contribution in [0.15, 0.2) is 5.16 Å². The second-order valence-electron chi connectivity index (χ2n) is 4.18. The molecule has 0 aromatic carbocycles. The highest BCUT2D eigenvalue weighted by Crippen LogP contribution is 2.22. The van der Waals surface area contributed by atoms with Crippen LogP contribution in [0.1, 0.15) is 13.8 Å². The fourth-order valence-corrected chi connectivity index (χ4v) is 2.02. The molecule has 0 aromatic heterocycles. The molecule has 0 aliphatic carbocycles. The first kappa shape index (κ1) is 12.3. The molecular formula is C10H21N3O2. The van der Waals surface area contributed by atoms with E-state index in [4.69, 9.17) is 15.7 Å². The average Bonchev–Trinajstić information content (AvgIpc) is 2.55. The first-order chi connectivity index (χ1) is 7.17. The van der Waals surface area contributed by atoms with Crippen molar-refractivity contribution in [2.24, 2.45) is 22.7 Å². The second-order valence-corrected chi connectivity index (χ2v) is 4.18. The molecule has 2 unspecified atom stereocenters. The molecule has 0 saturated carbocycles. The minimum atomic E-state index is 0.277. The Hall–Kier alpha value is -0.810. The molecule has 2 atom stereocenters. The van der Waals surface area contributed by atoms with Crippen molar-refractivity contribution in [2.75, 3.05) is 32.8 Å². The SMILES string of the molecule is CCOCC1CN(C/C(N)=N/O)CC1C. The Kier molecular flexibility index (Phi) is 4.84. The lowest BCUT2D eigenvalue weighted by atomic mass is 9.99. The van der Waals surface area contributed by atoms with Crippen LogP contribution in [-0.4, -0.2) is 48.8 Å². The van der Waals surface area contributed by atoms with E-state index >= 15 is 0 Å². The summed E-state index contributed by atoms with van der Waals surface area (Å²) < 4.78 is 5.43. The second kappa shape index (κ2) is 5.92. The highest BCUT2D eigenvalue weighted by Gasteiger charge is 2.29. The summed E-state index contributed by atoms with van der Waals surface area (Å²) in [7, 11) is 0. The molecule has 0 spiro atoms. The van der Waals surface area contributed by atoms with Crippen molar-refractivity contribution in [3.8, 4) is 0 Å². The summed E-state index contributed by atoms with van der Waals surface area (Å²) in [5.74, 6) is 1.46. The number of hydrogen-bond acceptors (Lipinski definition) is 4. The van der Waals surface area contributed by atoms with Gasteiger partial charge >= 0.3 is 0 Å². The Morgan fingerprint density at radius 2 is 2.33 bits per heavy atom. The Bertz CT molecular complexity index is 221. The van der Waals surface area contributed by atoms with Crippen LogP contribution >= 0.6 is 0 Å². The summed E-state index contributed by atoms with van der Waals surface area (Å²) in [5, 5.41) is 11.5. The topological polar surface area (TPSA) is 71.1 Å². The summed E-state index contributed by atoms with van der Waals surface area (Å²) in [6, 6.07) is 0. The summed E-state index contributed by atoms with van der Waals surface area (Å²) in [6.45, 7) is 8.31. The van der Waals surface area contributed by atoms with Crippen LogP contribution in [0.4, 0.5) is 0 Å². The van der Waals surface area contributed by atoms with E-state index in [-0.39, 0.29) is 5.84 Å². The maximum atomic E-state index is 8.48. The van der Waals surface area contributed by atoms with Gasteiger partial charge in [-0.2, -0.15) is 0 Å². The molecule has 1 aliphatic rings. The highest BCUT2D eigenvalue weighted by atomic mass is 16.5. The number of likely N-dealkylation sites (tertiary alicyclic amines) is 1. The minimum absolute atomic E-state index is 0.277. The van der Waals surface area contributed by atoms with Gasteiger partial charge in [0, 0.05) is 19.7 Å². The first-order valence-corrected chi connectivity index (χ1v) is 5.43. The van der Waals surface area contributed by atoms with Crippen molar-refractivity contribution < 1.29 is 9.94 Å². The molecule has 1 heterocycles. The van der Waals surface area contributed by atoms with Crippen molar-refractivity contribution >= 4 is 5.84 Å². The van der Waals surface area contributed by atoms with Gasteiger partial charge in [-0.1, -0.05) is 12.1 Å². The van der Waals surface area contributed by atoms with Gasteiger partial charge in [0.25, 0.3) is 0 Å². The van der Waals surface area contributed by atoms with E-state index in [1.165, 1.54) is 0 Å². The summed E-state index contributed by atoms with van der Waals surface area (Å²) in [6.07, 6.45) is 0. The van der Waals surface area contributed by atoms with E-state index in [9.17, 15) is 0 Å².